The summed E-state index contributed by atoms with van der Waals surface area (Å²) in [5.41, 5.74) is 1.08. The van der Waals surface area contributed by atoms with Crippen molar-refractivity contribution in [2.75, 3.05) is 6.61 Å². The van der Waals surface area contributed by atoms with Crippen LogP contribution < -0.4 is 5.32 Å². The lowest BCUT2D eigenvalue weighted by atomic mass is 9.94. The standard InChI is InChI=1S/C11H21NO2/c1-6-10(9(5)8(3)4)12-11(13)14-7-2/h9-10H,3,6-7H2,1-2,4-5H3,(H,12,13). The highest BCUT2D eigenvalue weighted by Gasteiger charge is 2.18. The molecule has 14 heavy (non-hydrogen) atoms. The van der Waals surface area contributed by atoms with Gasteiger partial charge in [-0.25, -0.2) is 4.79 Å². The first-order valence-electron chi connectivity index (χ1n) is 5.11. The first kappa shape index (κ1) is 13.0. The minimum atomic E-state index is -0.340. The van der Waals surface area contributed by atoms with E-state index < -0.39 is 0 Å². The number of rotatable bonds is 5. The molecule has 0 saturated heterocycles. The number of hydrogen-bond acceptors (Lipinski definition) is 2. The molecule has 0 aliphatic heterocycles. The number of alkyl carbamates (subject to hydrolysis) is 1. The van der Waals surface area contributed by atoms with Crippen LogP contribution in [0.1, 0.15) is 34.1 Å². The van der Waals surface area contributed by atoms with Gasteiger partial charge in [0.25, 0.3) is 0 Å². The van der Waals surface area contributed by atoms with Crippen LogP contribution in [0.25, 0.3) is 0 Å². The Morgan fingerprint density at radius 3 is 2.43 bits per heavy atom. The predicted octanol–water partition coefficient (Wildman–Crippen LogP) is 2.72. The molecule has 0 fully saturated rings. The number of amides is 1. The van der Waals surface area contributed by atoms with Gasteiger partial charge >= 0.3 is 6.09 Å². The van der Waals surface area contributed by atoms with Gasteiger partial charge in [0.15, 0.2) is 0 Å². The van der Waals surface area contributed by atoms with E-state index in [1.807, 2.05) is 13.8 Å². The van der Waals surface area contributed by atoms with Crippen LogP contribution in [0.2, 0.25) is 0 Å². The third-order valence-corrected chi connectivity index (χ3v) is 2.40. The maximum absolute atomic E-state index is 11.2. The summed E-state index contributed by atoms with van der Waals surface area (Å²) in [4.78, 5) is 11.2. The van der Waals surface area contributed by atoms with E-state index in [0.717, 1.165) is 12.0 Å². The van der Waals surface area contributed by atoms with Crippen molar-refractivity contribution >= 4 is 6.09 Å². The van der Waals surface area contributed by atoms with Crippen molar-refractivity contribution in [1.29, 1.82) is 0 Å². The van der Waals surface area contributed by atoms with E-state index in [4.69, 9.17) is 4.74 Å². The Morgan fingerprint density at radius 1 is 1.50 bits per heavy atom. The zero-order chi connectivity index (χ0) is 11.1. The largest absolute Gasteiger partial charge is 0.450 e. The highest BCUT2D eigenvalue weighted by Crippen LogP contribution is 2.14. The number of ether oxygens (including phenoxy) is 1. The molecular weight excluding hydrogens is 178 g/mol. The molecule has 0 aromatic carbocycles. The van der Waals surface area contributed by atoms with Crippen molar-refractivity contribution in [1.82, 2.24) is 5.32 Å². The summed E-state index contributed by atoms with van der Waals surface area (Å²) in [6.07, 6.45) is 0.541. The van der Waals surface area contributed by atoms with E-state index >= 15 is 0 Å². The van der Waals surface area contributed by atoms with E-state index in [0.29, 0.717) is 6.61 Å². The van der Waals surface area contributed by atoms with Crippen LogP contribution in [0.5, 0.6) is 0 Å². The summed E-state index contributed by atoms with van der Waals surface area (Å²) in [5.74, 6) is 0.282. The van der Waals surface area contributed by atoms with Crippen LogP contribution >= 0.6 is 0 Å². The fraction of sp³-hybridized carbons (Fsp3) is 0.727. The molecule has 0 saturated carbocycles. The molecule has 1 amide bonds. The Balaban J connectivity index is 4.14. The summed E-state index contributed by atoms with van der Waals surface area (Å²) in [6, 6.07) is 0.117. The smallest absolute Gasteiger partial charge is 0.407 e. The minimum Gasteiger partial charge on any atom is -0.450 e. The molecule has 0 aliphatic rings. The monoisotopic (exact) mass is 199 g/mol. The Labute approximate surface area is 86.5 Å². The summed E-state index contributed by atoms with van der Waals surface area (Å²) in [6.45, 7) is 12.2. The van der Waals surface area contributed by atoms with Gasteiger partial charge in [-0.15, -0.1) is 0 Å². The number of carbonyl (C=O) groups excluding carboxylic acids is 1. The maximum atomic E-state index is 11.2. The predicted molar refractivity (Wildman–Crippen MR) is 58.2 cm³/mol. The lowest BCUT2D eigenvalue weighted by Gasteiger charge is -2.23. The molecule has 0 aromatic rings. The van der Waals surface area contributed by atoms with Gasteiger partial charge < -0.3 is 10.1 Å². The first-order chi connectivity index (χ1) is 6.52. The van der Waals surface area contributed by atoms with Gasteiger partial charge in [0.1, 0.15) is 0 Å². The summed E-state index contributed by atoms with van der Waals surface area (Å²) in [7, 11) is 0. The van der Waals surface area contributed by atoms with E-state index in [1.165, 1.54) is 0 Å². The van der Waals surface area contributed by atoms with Crippen LogP contribution in [0.3, 0.4) is 0 Å². The topological polar surface area (TPSA) is 38.3 Å². The highest BCUT2D eigenvalue weighted by atomic mass is 16.5. The molecule has 0 heterocycles. The molecule has 2 atom stereocenters. The third-order valence-electron chi connectivity index (χ3n) is 2.40. The van der Waals surface area contributed by atoms with Crippen LogP contribution in [-0.4, -0.2) is 18.7 Å². The third kappa shape index (κ3) is 4.30. The highest BCUT2D eigenvalue weighted by molar-refractivity contribution is 5.67. The Kier molecular flexibility index (Phi) is 6.00. The van der Waals surface area contributed by atoms with Crippen molar-refractivity contribution in [3.63, 3.8) is 0 Å². The zero-order valence-corrected chi connectivity index (χ0v) is 9.59. The van der Waals surface area contributed by atoms with Crippen LogP contribution in [0, 0.1) is 5.92 Å². The summed E-state index contributed by atoms with van der Waals surface area (Å²) >= 11 is 0. The zero-order valence-electron chi connectivity index (χ0n) is 9.59. The maximum Gasteiger partial charge on any atom is 0.407 e. The number of hydrogen-bond donors (Lipinski definition) is 1. The average Bonchev–Trinajstić information content (AvgIpc) is 2.13. The molecule has 0 radical (unpaired) electrons. The average molecular weight is 199 g/mol. The fourth-order valence-corrected chi connectivity index (χ4v) is 1.25. The quantitative estimate of drug-likeness (QED) is 0.691. The van der Waals surface area contributed by atoms with Crippen LogP contribution in [-0.2, 0) is 4.74 Å². The Hall–Kier alpha value is -0.990. The number of carbonyl (C=O) groups is 1. The number of nitrogens with one attached hydrogen (secondary N) is 1. The molecule has 1 N–H and O–H groups in total. The lowest BCUT2D eigenvalue weighted by Crippen LogP contribution is -2.39. The van der Waals surface area contributed by atoms with Crippen molar-refractivity contribution in [2.45, 2.75) is 40.2 Å². The Morgan fingerprint density at radius 2 is 2.07 bits per heavy atom. The molecule has 0 rings (SSSR count). The van der Waals surface area contributed by atoms with Crippen LogP contribution in [0.15, 0.2) is 12.2 Å². The van der Waals surface area contributed by atoms with E-state index in [2.05, 4.69) is 18.8 Å². The van der Waals surface area contributed by atoms with E-state index in [1.54, 1.807) is 6.92 Å². The second kappa shape index (κ2) is 6.46. The molecule has 3 nitrogen and oxygen atoms in total. The molecular formula is C11H21NO2. The van der Waals surface area contributed by atoms with E-state index in [-0.39, 0.29) is 18.1 Å². The van der Waals surface area contributed by atoms with Crippen LogP contribution in [0.4, 0.5) is 4.79 Å². The summed E-state index contributed by atoms with van der Waals surface area (Å²) in [5, 5.41) is 2.83. The van der Waals surface area contributed by atoms with Crippen molar-refractivity contribution in [3.8, 4) is 0 Å². The van der Waals surface area contributed by atoms with Gasteiger partial charge in [0.05, 0.1) is 6.61 Å². The molecule has 2 unspecified atom stereocenters. The lowest BCUT2D eigenvalue weighted by molar-refractivity contribution is 0.145. The first-order valence-corrected chi connectivity index (χ1v) is 5.11. The second-order valence-corrected chi connectivity index (χ2v) is 3.51. The molecule has 0 aromatic heterocycles. The molecule has 82 valence electrons. The molecule has 3 heteroatoms. The van der Waals surface area contributed by atoms with E-state index in [9.17, 15) is 4.79 Å². The SMILES string of the molecule is C=C(C)C(C)C(CC)NC(=O)OCC. The van der Waals surface area contributed by atoms with Crippen molar-refractivity contribution < 1.29 is 9.53 Å². The molecule has 0 spiro atoms. The van der Waals surface area contributed by atoms with Gasteiger partial charge in [0, 0.05) is 6.04 Å². The normalized spacial score (nSPS) is 14.3. The molecule has 0 bridgehead atoms. The van der Waals surface area contributed by atoms with Gasteiger partial charge in [0.2, 0.25) is 0 Å². The second-order valence-electron chi connectivity index (χ2n) is 3.51. The molecule has 0 aliphatic carbocycles. The Bertz CT molecular complexity index is 201. The van der Waals surface area contributed by atoms with Crippen molar-refractivity contribution in [2.24, 2.45) is 5.92 Å². The fourth-order valence-electron chi connectivity index (χ4n) is 1.25. The summed E-state index contributed by atoms with van der Waals surface area (Å²) < 4.78 is 4.82. The minimum absolute atomic E-state index is 0.117. The van der Waals surface area contributed by atoms with Crippen molar-refractivity contribution in [3.05, 3.63) is 12.2 Å². The van der Waals surface area contributed by atoms with Gasteiger partial charge in [-0.05, 0) is 26.2 Å². The van der Waals surface area contributed by atoms with Gasteiger partial charge in [-0.2, -0.15) is 0 Å². The van der Waals surface area contributed by atoms with Gasteiger partial charge in [-0.3, -0.25) is 0 Å². The van der Waals surface area contributed by atoms with Gasteiger partial charge in [-0.1, -0.05) is 26.0 Å².